The Balaban J connectivity index is 1.56. The number of fused-ring (bicyclic) bond motifs is 1. The molecule has 2 aromatic rings. The second-order valence-electron chi connectivity index (χ2n) is 8.55. The Morgan fingerprint density at radius 3 is 2.52 bits per heavy atom. The number of piperidine rings is 1. The van der Waals surface area contributed by atoms with E-state index in [0.29, 0.717) is 12.0 Å². The van der Waals surface area contributed by atoms with Crippen LogP contribution in [0.5, 0.6) is 0 Å². The molecule has 0 unspecified atom stereocenters. The normalized spacial score (nSPS) is 24.0. The zero-order valence-corrected chi connectivity index (χ0v) is 16.3. The number of nitrogens with zero attached hydrogens (tertiary/aromatic N) is 2. The van der Waals surface area contributed by atoms with Gasteiger partial charge in [-0.15, -0.1) is 0 Å². The van der Waals surface area contributed by atoms with Crippen molar-refractivity contribution in [2.24, 2.45) is 5.92 Å². The van der Waals surface area contributed by atoms with E-state index in [-0.39, 0.29) is 17.3 Å². The van der Waals surface area contributed by atoms with Crippen molar-refractivity contribution in [2.45, 2.75) is 45.2 Å². The first kappa shape index (κ1) is 18.0. The number of anilines is 1. The molecular weight excluding hydrogens is 339 g/mol. The first-order chi connectivity index (χ1) is 12.9. The average Bonchev–Trinajstić information content (AvgIpc) is 2.91. The second-order valence-corrected chi connectivity index (χ2v) is 8.55. The van der Waals surface area contributed by atoms with E-state index >= 15 is 0 Å². The van der Waals surface area contributed by atoms with Gasteiger partial charge in [0.1, 0.15) is 5.82 Å². The Kier molecular flexibility index (Phi) is 4.45. The molecule has 2 aliphatic rings. The van der Waals surface area contributed by atoms with Crippen molar-refractivity contribution in [1.82, 2.24) is 4.90 Å². The van der Waals surface area contributed by atoms with E-state index in [1.807, 2.05) is 48.2 Å². The van der Waals surface area contributed by atoms with E-state index in [0.717, 1.165) is 42.7 Å². The maximum Gasteiger partial charge on any atom is 0.254 e. The minimum absolute atomic E-state index is 0.00508. The van der Waals surface area contributed by atoms with E-state index in [1.165, 1.54) is 12.1 Å². The molecule has 2 aromatic carbocycles. The molecule has 2 heterocycles. The van der Waals surface area contributed by atoms with Crippen molar-refractivity contribution in [3.8, 4) is 0 Å². The third kappa shape index (κ3) is 3.22. The Hall–Kier alpha value is -2.36. The molecular formula is C23H27FN2O. The average molecular weight is 366 g/mol. The van der Waals surface area contributed by atoms with Gasteiger partial charge < -0.3 is 9.80 Å². The molecule has 2 aliphatic heterocycles. The maximum atomic E-state index is 13.4. The summed E-state index contributed by atoms with van der Waals surface area (Å²) in [6.45, 7) is 8.06. The van der Waals surface area contributed by atoms with Crippen molar-refractivity contribution in [3.05, 3.63) is 65.5 Å². The summed E-state index contributed by atoms with van der Waals surface area (Å²) in [6.07, 6.45) is 1.98. The van der Waals surface area contributed by atoms with Crippen LogP contribution in [-0.2, 0) is 0 Å². The van der Waals surface area contributed by atoms with Crippen molar-refractivity contribution >= 4 is 11.6 Å². The number of benzene rings is 2. The minimum Gasteiger partial charge on any atom is -0.363 e. The second kappa shape index (κ2) is 6.66. The van der Waals surface area contributed by atoms with Gasteiger partial charge in [0, 0.05) is 35.9 Å². The molecule has 2 atom stereocenters. The van der Waals surface area contributed by atoms with Crippen LogP contribution in [-0.4, -0.2) is 35.5 Å². The van der Waals surface area contributed by atoms with Crippen LogP contribution in [0.4, 0.5) is 10.1 Å². The topological polar surface area (TPSA) is 23.6 Å². The molecule has 4 heteroatoms. The highest BCUT2D eigenvalue weighted by molar-refractivity contribution is 5.95. The summed E-state index contributed by atoms with van der Waals surface area (Å²) in [4.78, 5) is 17.5. The van der Waals surface area contributed by atoms with Crippen LogP contribution in [0.15, 0.2) is 48.5 Å². The molecule has 0 spiro atoms. The highest BCUT2D eigenvalue weighted by Crippen LogP contribution is 2.44. The summed E-state index contributed by atoms with van der Waals surface area (Å²) < 4.78 is 13.4. The van der Waals surface area contributed by atoms with Gasteiger partial charge in [0.05, 0.1) is 0 Å². The molecule has 3 nitrogen and oxygen atoms in total. The fraction of sp³-hybridized carbons (Fsp3) is 0.435. The molecule has 142 valence electrons. The zero-order valence-electron chi connectivity index (χ0n) is 16.3. The van der Waals surface area contributed by atoms with Crippen LogP contribution >= 0.6 is 0 Å². The lowest BCUT2D eigenvalue weighted by Gasteiger charge is -2.42. The summed E-state index contributed by atoms with van der Waals surface area (Å²) in [5, 5.41) is 0. The van der Waals surface area contributed by atoms with Crippen LogP contribution in [0, 0.1) is 18.7 Å². The predicted molar refractivity (Wildman–Crippen MR) is 107 cm³/mol. The van der Waals surface area contributed by atoms with E-state index in [1.54, 1.807) is 0 Å². The van der Waals surface area contributed by atoms with Gasteiger partial charge in [0.2, 0.25) is 0 Å². The number of aryl methyl sites for hydroxylation is 1. The van der Waals surface area contributed by atoms with Gasteiger partial charge in [-0.1, -0.05) is 18.2 Å². The molecule has 0 saturated carbocycles. The first-order valence-corrected chi connectivity index (χ1v) is 9.76. The largest absolute Gasteiger partial charge is 0.363 e. The molecule has 1 amide bonds. The number of rotatable bonds is 2. The summed E-state index contributed by atoms with van der Waals surface area (Å²) in [5.74, 6) is 0.377. The lowest BCUT2D eigenvalue weighted by molar-refractivity contribution is 0.0666. The Morgan fingerprint density at radius 1 is 1.11 bits per heavy atom. The van der Waals surface area contributed by atoms with Gasteiger partial charge in [0.25, 0.3) is 5.91 Å². The smallest absolute Gasteiger partial charge is 0.254 e. The summed E-state index contributed by atoms with van der Waals surface area (Å²) in [7, 11) is 0. The van der Waals surface area contributed by atoms with Crippen LogP contribution < -0.4 is 4.90 Å². The Bertz CT molecular complexity index is 846. The van der Waals surface area contributed by atoms with Crippen LogP contribution in [0.1, 0.15) is 42.6 Å². The van der Waals surface area contributed by atoms with Gasteiger partial charge in [-0.25, -0.2) is 4.39 Å². The quantitative estimate of drug-likeness (QED) is 0.772. The van der Waals surface area contributed by atoms with Crippen LogP contribution in [0.3, 0.4) is 0 Å². The van der Waals surface area contributed by atoms with Crippen molar-refractivity contribution in [2.75, 3.05) is 18.0 Å². The summed E-state index contributed by atoms with van der Waals surface area (Å²) >= 11 is 0. The zero-order chi connectivity index (χ0) is 19.2. The van der Waals surface area contributed by atoms with Gasteiger partial charge in [-0.05, 0) is 75.4 Å². The summed E-state index contributed by atoms with van der Waals surface area (Å²) in [5.41, 5.74) is 2.91. The van der Waals surface area contributed by atoms with Crippen molar-refractivity contribution in [3.63, 3.8) is 0 Å². The molecule has 4 rings (SSSR count). The summed E-state index contributed by atoms with van der Waals surface area (Å²) in [6, 6.07) is 15.0. The third-order valence-electron chi connectivity index (χ3n) is 6.21. The highest BCUT2D eigenvalue weighted by Gasteiger charge is 2.48. The van der Waals surface area contributed by atoms with Crippen LogP contribution in [0.25, 0.3) is 0 Å². The number of likely N-dealkylation sites (tertiary alicyclic amines) is 1. The van der Waals surface area contributed by atoms with Gasteiger partial charge in [0.15, 0.2) is 0 Å². The molecule has 0 bridgehead atoms. The molecule has 2 fully saturated rings. The highest BCUT2D eigenvalue weighted by atomic mass is 19.1. The molecule has 2 saturated heterocycles. The van der Waals surface area contributed by atoms with E-state index < -0.39 is 0 Å². The predicted octanol–water partition coefficient (Wildman–Crippen LogP) is 4.65. The number of carbonyl (C=O) groups is 1. The van der Waals surface area contributed by atoms with Gasteiger partial charge in [-0.3, -0.25) is 4.79 Å². The van der Waals surface area contributed by atoms with Gasteiger partial charge >= 0.3 is 0 Å². The molecule has 27 heavy (non-hydrogen) atoms. The maximum absolute atomic E-state index is 13.4. The van der Waals surface area contributed by atoms with E-state index in [4.69, 9.17) is 0 Å². The van der Waals surface area contributed by atoms with Crippen LogP contribution in [0.2, 0.25) is 0 Å². The molecule has 0 radical (unpaired) electrons. The number of hydrogen-bond donors (Lipinski definition) is 0. The third-order valence-corrected chi connectivity index (χ3v) is 6.21. The van der Waals surface area contributed by atoms with Gasteiger partial charge in [-0.2, -0.15) is 0 Å². The number of amides is 1. The fourth-order valence-electron chi connectivity index (χ4n) is 5.06. The fourth-order valence-corrected chi connectivity index (χ4v) is 5.06. The monoisotopic (exact) mass is 366 g/mol. The van der Waals surface area contributed by atoms with Crippen molar-refractivity contribution < 1.29 is 9.18 Å². The standard InChI is InChI=1S/C23H27FN2O/c1-16-6-4-5-7-20(16)22(27)25-13-12-21-17(15-25)14-23(2,3)26(21)19-10-8-18(24)9-11-19/h4-11,17,21H,12-15H2,1-3H3/t17-,21+/m1/s1. The number of hydrogen-bond acceptors (Lipinski definition) is 2. The van der Waals surface area contributed by atoms with E-state index in [2.05, 4.69) is 18.7 Å². The number of carbonyl (C=O) groups excluding carboxylic acids is 1. The van der Waals surface area contributed by atoms with E-state index in [9.17, 15) is 9.18 Å². The number of halogens is 1. The minimum atomic E-state index is -0.203. The molecule has 0 aliphatic carbocycles. The molecule has 0 N–H and O–H groups in total. The Morgan fingerprint density at radius 2 is 1.81 bits per heavy atom. The molecule has 0 aromatic heterocycles. The SMILES string of the molecule is Cc1ccccc1C(=O)N1CC[C@H]2[C@@H](C1)CC(C)(C)N2c1ccc(F)cc1. The van der Waals surface area contributed by atoms with Crippen molar-refractivity contribution in [1.29, 1.82) is 0 Å². The first-order valence-electron chi connectivity index (χ1n) is 9.76. The lowest BCUT2D eigenvalue weighted by atomic mass is 9.89. The lowest BCUT2D eigenvalue weighted by Crippen LogP contribution is -2.50. The Labute approximate surface area is 160 Å².